The number of methoxy groups -OCH3 is 1. The number of halogens is 1. The van der Waals surface area contributed by atoms with Gasteiger partial charge in [-0.3, -0.25) is 9.69 Å². The maximum Gasteiger partial charge on any atom is 0.224 e. The van der Waals surface area contributed by atoms with Crippen molar-refractivity contribution in [2.24, 2.45) is 0 Å². The smallest absolute Gasteiger partial charge is 0.224 e. The van der Waals surface area contributed by atoms with E-state index in [0.29, 0.717) is 36.7 Å². The molecule has 5 nitrogen and oxygen atoms in total. The van der Waals surface area contributed by atoms with Crippen molar-refractivity contribution in [1.82, 2.24) is 10.2 Å². The van der Waals surface area contributed by atoms with E-state index in [1.165, 1.54) is 29.5 Å². The molecule has 0 saturated carbocycles. The van der Waals surface area contributed by atoms with E-state index < -0.39 is 0 Å². The van der Waals surface area contributed by atoms with Gasteiger partial charge in [0.15, 0.2) is 0 Å². The third kappa shape index (κ3) is 6.66. The topological polar surface area (TPSA) is 50.8 Å². The van der Waals surface area contributed by atoms with Gasteiger partial charge in [-0.25, -0.2) is 0 Å². The molecule has 5 rings (SSSR count). The standard InChI is InChI=1S/C33H39ClN2O3/c1-22-23(2)32(39-15-14-38-3)13-10-27(22)21-36-30-11-12-31(36)20-29(19-30)35-33(37)17-24-6-4-7-25(16-24)26-8-5-9-28(34)18-26/h4-10,13,16,18,29-31H,11-12,14-15,17,19-21H2,1-3H3,(H,35,37). The molecular weight excluding hydrogens is 508 g/mol. The Labute approximate surface area is 237 Å². The number of benzene rings is 3. The highest BCUT2D eigenvalue weighted by molar-refractivity contribution is 6.30. The van der Waals surface area contributed by atoms with Crippen LogP contribution in [-0.4, -0.2) is 49.3 Å². The minimum absolute atomic E-state index is 0.103. The number of fused-ring (bicyclic) bond motifs is 2. The fourth-order valence-electron chi connectivity index (χ4n) is 6.25. The van der Waals surface area contributed by atoms with Crippen LogP contribution in [0.25, 0.3) is 11.1 Å². The molecule has 2 heterocycles. The lowest BCUT2D eigenvalue weighted by molar-refractivity contribution is -0.121. The quantitative estimate of drug-likeness (QED) is 0.295. The van der Waals surface area contributed by atoms with E-state index in [1.54, 1.807) is 7.11 Å². The molecule has 2 bridgehead atoms. The van der Waals surface area contributed by atoms with E-state index in [1.807, 2.05) is 36.4 Å². The Morgan fingerprint density at radius 2 is 1.67 bits per heavy atom. The number of piperidine rings is 1. The van der Waals surface area contributed by atoms with Gasteiger partial charge in [0.05, 0.1) is 13.0 Å². The molecule has 1 N–H and O–H groups in total. The first-order valence-electron chi connectivity index (χ1n) is 14.0. The van der Waals surface area contributed by atoms with Gasteiger partial charge < -0.3 is 14.8 Å². The number of nitrogens with one attached hydrogen (secondary N) is 1. The molecule has 0 aliphatic carbocycles. The van der Waals surface area contributed by atoms with Crippen LogP contribution in [0.5, 0.6) is 5.75 Å². The average Bonchev–Trinajstić information content (AvgIpc) is 3.15. The van der Waals surface area contributed by atoms with Crippen LogP contribution in [0.1, 0.15) is 47.9 Å². The highest BCUT2D eigenvalue weighted by atomic mass is 35.5. The molecular formula is C33H39ClN2O3. The Bertz CT molecular complexity index is 1300. The van der Waals surface area contributed by atoms with Gasteiger partial charge in [0.1, 0.15) is 12.4 Å². The molecule has 0 spiro atoms. The maximum absolute atomic E-state index is 13.0. The third-order valence-electron chi connectivity index (χ3n) is 8.45. The lowest BCUT2D eigenvalue weighted by atomic mass is 9.94. The van der Waals surface area contributed by atoms with Crippen molar-refractivity contribution in [1.29, 1.82) is 0 Å². The summed E-state index contributed by atoms with van der Waals surface area (Å²) in [7, 11) is 1.69. The maximum atomic E-state index is 13.0. The summed E-state index contributed by atoms with van der Waals surface area (Å²) in [4.78, 5) is 15.7. The summed E-state index contributed by atoms with van der Waals surface area (Å²) >= 11 is 6.18. The normalized spacial score (nSPS) is 20.7. The highest BCUT2D eigenvalue weighted by Crippen LogP contribution is 2.38. The van der Waals surface area contributed by atoms with Crippen LogP contribution >= 0.6 is 11.6 Å². The minimum atomic E-state index is 0.103. The fourth-order valence-corrected chi connectivity index (χ4v) is 6.44. The van der Waals surface area contributed by atoms with Crippen LogP contribution in [0.2, 0.25) is 5.02 Å². The largest absolute Gasteiger partial charge is 0.491 e. The zero-order valence-electron chi connectivity index (χ0n) is 23.2. The van der Waals surface area contributed by atoms with Gasteiger partial charge in [0, 0.05) is 36.8 Å². The zero-order chi connectivity index (χ0) is 27.4. The number of ether oxygens (including phenoxy) is 2. The minimum Gasteiger partial charge on any atom is -0.491 e. The molecule has 2 aliphatic rings. The van der Waals surface area contributed by atoms with Crippen molar-refractivity contribution in [3.63, 3.8) is 0 Å². The predicted molar refractivity (Wildman–Crippen MR) is 157 cm³/mol. The predicted octanol–water partition coefficient (Wildman–Crippen LogP) is 6.50. The molecule has 206 valence electrons. The van der Waals surface area contributed by atoms with E-state index >= 15 is 0 Å². The first-order valence-corrected chi connectivity index (χ1v) is 14.4. The number of carbonyl (C=O) groups is 1. The summed E-state index contributed by atoms with van der Waals surface area (Å²) in [5.41, 5.74) is 7.04. The SMILES string of the molecule is COCCOc1ccc(CN2C3CCC2CC(NC(=O)Cc2cccc(-c4cccc(Cl)c4)c2)C3)c(C)c1C. The summed E-state index contributed by atoms with van der Waals surface area (Å²) < 4.78 is 11.0. The molecule has 0 aromatic heterocycles. The number of nitrogens with zero attached hydrogens (tertiary/aromatic N) is 1. The number of rotatable bonds is 10. The van der Waals surface area contributed by atoms with Gasteiger partial charge in [0.25, 0.3) is 0 Å². The number of hydrogen-bond acceptors (Lipinski definition) is 4. The Morgan fingerprint density at radius 3 is 2.38 bits per heavy atom. The van der Waals surface area contributed by atoms with Crippen LogP contribution in [-0.2, 0) is 22.5 Å². The summed E-state index contributed by atoms with van der Waals surface area (Å²) in [6, 6.07) is 21.6. The average molecular weight is 547 g/mol. The number of amides is 1. The lowest BCUT2D eigenvalue weighted by Crippen LogP contribution is -2.50. The zero-order valence-corrected chi connectivity index (χ0v) is 24.0. The van der Waals surface area contributed by atoms with Crippen LogP contribution in [0, 0.1) is 13.8 Å². The molecule has 3 aromatic rings. The van der Waals surface area contributed by atoms with Gasteiger partial charge in [0.2, 0.25) is 5.91 Å². The molecule has 2 unspecified atom stereocenters. The summed E-state index contributed by atoms with van der Waals surface area (Å²) in [6.45, 7) is 6.45. The van der Waals surface area contributed by atoms with Gasteiger partial charge in [-0.2, -0.15) is 0 Å². The van der Waals surface area contributed by atoms with Gasteiger partial charge in [-0.05, 0) is 91.1 Å². The molecule has 2 fully saturated rings. The molecule has 6 heteroatoms. The molecule has 2 saturated heterocycles. The van der Waals surface area contributed by atoms with Crippen LogP contribution in [0.15, 0.2) is 60.7 Å². The Morgan fingerprint density at radius 1 is 0.949 bits per heavy atom. The van der Waals surface area contributed by atoms with Crippen molar-refractivity contribution >= 4 is 17.5 Å². The molecule has 1 amide bonds. The first kappa shape index (κ1) is 27.7. The van der Waals surface area contributed by atoms with E-state index in [4.69, 9.17) is 21.1 Å². The Kier molecular flexibility index (Phi) is 8.91. The summed E-state index contributed by atoms with van der Waals surface area (Å²) in [5, 5.41) is 4.07. The van der Waals surface area contributed by atoms with Crippen molar-refractivity contribution < 1.29 is 14.3 Å². The fraction of sp³-hybridized carbons (Fsp3) is 0.424. The van der Waals surface area contributed by atoms with Crippen molar-refractivity contribution in [3.05, 3.63) is 87.9 Å². The highest BCUT2D eigenvalue weighted by Gasteiger charge is 2.41. The van der Waals surface area contributed by atoms with Crippen molar-refractivity contribution in [2.45, 2.75) is 70.6 Å². The second kappa shape index (κ2) is 12.5. The van der Waals surface area contributed by atoms with E-state index in [2.05, 4.69) is 48.3 Å². The molecule has 2 aliphatic heterocycles. The number of hydrogen-bond donors (Lipinski definition) is 1. The lowest BCUT2D eigenvalue weighted by Gasteiger charge is -2.39. The Balaban J connectivity index is 1.17. The van der Waals surface area contributed by atoms with Crippen molar-refractivity contribution in [3.8, 4) is 16.9 Å². The molecule has 0 radical (unpaired) electrons. The van der Waals surface area contributed by atoms with Gasteiger partial charge >= 0.3 is 0 Å². The van der Waals surface area contributed by atoms with E-state index in [9.17, 15) is 4.79 Å². The molecule has 2 atom stereocenters. The number of carbonyl (C=O) groups excluding carboxylic acids is 1. The van der Waals surface area contributed by atoms with Crippen LogP contribution in [0.4, 0.5) is 0 Å². The van der Waals surface area contributed by atoms with Crippen LogP contribution in [0.3, 0.4) is 0 Å². The summed E-state index contributed by atoms with van der Waals surface area (Å²) in [6.07, 6.45) is 4.83. The monoisotopic (exact) mass is 546 g/mol. The second-order valence-corrected chi connectivity index (χ2v) is 11.4. The van der Waals surface area contributed by atoms with Gasteiger partial charge in [-0.1, -0.05) is 54.1 Å². The Hall–Kier alpha value is -2.86. The molecule has 3 aromatic carbocycles. The first-order chi connectivity index (χ1) is 18.9. The van der Waals surface area contributed by atoms with Gasteiger partial charge in [-0.15, -0.1) is 0 Å². The van der Waals surface area contributed by atoms with E-state index in [-0.39, 0.29) is 11.9 Å². The third-order valence-corrected chi connectivity index (χ3v) is 8.68. The van der Waals surface area contributed by atoms with Crippen LogP contribution < -0.4 is 10.1 Å². The van der Waals surface area contributed by atoms with Crippen molar-refractivity contribution in [2.75, 3.05) is 20.3 Å². The summed E-state index contributed by atoms with van der Waals surface area (Å²) in [5.74, 6) is 1.04. The second-order valence-electron chi connectivity index (χ2n) is 11.0. The molecule has 39 heavy (non-hydrogen) atoms. The van der Waals surface area contributed by atoms with E-state index in [0.717, 1.165) is 41.8 Å².